The summed E-state index contributed by atoms with van der Waals surface area (Å²) in [5.41, 5.74) is 1.14. The fourth-order valence-corrected chi connectivity index (χ4v) is 4.17. The largest absolute Gasteiger partial charge is 0.466 e. The van der Waals surface area contributed by atoms with Gasteiger partial charge in [0.2, 0.25) is 0 Å². The molecular formula is C17H24ClNO4S. The van der Waals surface area contributed by atoms with Crippen molar-refractivity contribution in [3.8, 4) is 0 Å². The smallest absolute Gasteiger partial charge is 0.310 e. The standard InChI is InChI=1S/C17H24ClNO4S/c1-3-5-8-24(21)19-17(11-22-12-17)15-7-6-14(18)9-13(15)10-16(20)23-4-2/h6-7,9,19H,3-5,8,10-12H2,1-2H3. The molecule has 0 radical (unpaired) electrons. The van der Waals surface area contributed by atoms with E-state index in [0.29, 0.717) is 30.6 Å². The summed E-state index contributed by atoms with van der Waals surface area (Å²) < 4.78 is 25.9. The summed E-state index contributed by atoms with van der Waals surface area (Å²) in [6.07, 6.45) is 2.02. The average molecular weight is 374 g/mol. The highest BCUT2D eigenvalue weighted by atomic mass is 35.5. The van der Waals surface area contributed by atoms with Crippen LogP contribution in [0, 0.1) is 0 Å². The third-order valence-corrected chi connectivity index (χ3v) is 5.43. The first-order valence-corrected chi connectivity index (χ1v) is 9.89. The summed E-state index contributed by atoms with van der Waals surface area (Å²) in [4.78, 5) is 11.9. The Labute approximate surface area is 150 Å². The number of nitrogens with one attached hydrogen (secondary N) is 1. The number of ether oxygens (including phenoxy) is 2. The molecule has 1 heterocycles. The molecule has 0 bridgehead atoms. The Morgan fingerprint density at radius 3 is 2.75 bits per heavy atom. The van der Waals surface area contributed by atoms with Crippen LogP contribution in [0.5, 0.6) is 0 Å². The Morgan fingerprint density at radius 1 is 1.42 bits per heavy atom. The van der Waals surface area contributed by atoms with E-state index in [4.69, 9.17) is 21.1 Å². The van der Waals surface area contributed by atoms with Gasteiger partial charge in [-0.25, -0.2) is 8.93 Å². The van der Waals surface area contributed by atoms with Crippen molar-refractivity contribution in [2.24, 2.45) is 0 Å². The average Bonchev–Trinajstić information content (AvgIpc) is 2.50. The quantitative estimate of drug-likeness (QED) is 0.676. The summed E-state index contributed by atoms with van der Waals surface area (Å²) >= 11 is 6.10. The van der Waals surface area contributed by atoms with Crippen LogP contribution >= 0.6 is 11.6 Å². The van der Waals surface area contributed by atoms with Crippen LogP contribution in [0.25, 0.3) is 0 Å². The Kier molecular flexibility index (Phi) is 7.22. The van der Waals surface area contributed by atoms with Crippen LogP contribution < -0.4 is 4.72 Å². The topological polar surface area (TPSA) is 64.6 Å². The van der Waals surface area contributed by atoms with Crippen LogP contribution in [0.1, 0.15) is 37.8 Å². The lowest BCUT2D eigenvalue weighted by Crippen LogP contribution is -2.58. The number of benzene rings is 1. The van der Waals surface area contributed by atoms with Crippen molar-refractivity contribution in [1.29, 1.82) is 0 Å². The van der Waals surface area contributed by atoms with Crippen LogP contribution in [0.2, 0.25) is 5.02 Å². The molecule has 7 heteroatoms. The zero-order valence-electron chi connectivity index (χ0n) is 14.1. The number of rotatable bonds is 9. The monoisotopic (exact) mass is 373 g/mol. The highest BCUT2D eigenvalue weighted by Gasteiger charge is 2.43. The highest BCUT2D eigenvalue weighted by Crippen LogP contribution is 2.34. The molecule has 0 saturated carbocycles. The molecule has 1 N–H and O–H groups in total. The first-order valence-electron chi connectivity index (χ1n) is 8.19. The number of halogens is 1. The first kappa shape index (κ1) is 19.4. The van der Waals surface area contributed by atoms with Crippen molar-refractivity contribution >= 4 is 28.6 Å². The Hall–Kier alpha value is -0.950. The van der Waals surface area contributed by atoms with E-state index < -0.39 is 16.5 Å². The van der Waals surface area contributed by atoms with E-state index in [9.17, 15) is 9.00 Å². The van der Waals surface area contributed by atoms with E-state index >= 15 is 0 Å². The maximum atomic E-state index is 12.3. The van der Waals surface area contributed by atoms with Gasteiger partial charge in [-0.05, 0) is 36.6 Å². The van der Waals surface area contributed by atoms with Gasteiger partial charge in [0.05, 0.1) is 37.2 Å². The summed E-state index contributed by atoms with van der Waals surface area (Å²) in [6, 6.07) is 5.43. The molecule has 5 nitrogen and oxygen atoms in total. The second-order valence-electron chi connectivity index (χ2n) is 5.86. The number of hydrogen-bond acceptors (Lipinski definition) is 4. The summed E-state index contributed by atoms with van der Waals surface area (Å²) in [7, 11) is -1.15. The van der Waals surface area contributed by atoms with Gasteiger partial charge < -0.3 is 9.47 Å². The van der Waals surface area contributed by atoms with Gasteiger partial charge in [-0.3, -0.25) is 4.79 Å². The Balaban J connectivity index is 2.24. The molecule has 0 amide bonds. The SMILES string of the molecule is CCCCS(=O)NC1(c2ccc(Cl)cc2CC(=O)OCC)COC1. The lowest BCUT2D eigenvalue weighted by molar-refractivity contribution is -0.142. The van der Waals surface area contributed by atoms with Crippen molar-refractivity contribution in [1.82, 2.24) is 4.72 Å². The minimum atomic E-state index is -1.15. The number of carbonyl (C=O) groups excluding carboxylic acids is 1. The van der Waals surface area contributed by atoms with Gasteiger partial charge >= 0.3 is 5.97 Å². The Bertz CT molecular complexity index is 604. The van der Waals surface area contributed by atoms with Crippen LogP contribution in [0.15, 0.2) is 18.2 Å². The molecule has 1 aliphatic heterocycles. The summed E-state index contributed by atoms with van der Waals surface area (Å²) in [6.45, 7) is 5.01. The molecule has 1 saturated heterocycles. The molecule has 0 aliphatic carbocycles. The van der Waals surface area contributed by atoms with E-state index in [1.807, 2.05) is 6.07 Å². The molecule has 1 aromatic rings. The fourth-order valence-electron chi connectivity index (χ4n) is 2.66. The van der Waals surface area contributed by atoms with Crippen molar-refractivity contribution < 1.29 is 18.5 Å². The van der Waals surface area contributed by atoms with Gasteiger partial charge in [0.15, 0.2) is 0 Å². The fraction of sp³-hybridized carbons (Fsp3) is 0.588. The van der Waals surface area contributed by atoms with E-state index in [2.05, 4.69) is 11.6 Å². The number of esters is 1. The summed E-state index contributed by atoms with van der Waals surface area (Å²) in [5.74, 6) is 0.294. The van der Waals surface area contributed by atoms with Crippen molar-refractivity contribution in [2.45, 2.75) is 38.6 Å². The lowest BCUT2D eigenvalue weighted by atomic mass is 9.85. The zero-order chi connectivity index (χ0) is 17.6. The maximum absolute atomic E-state index is 12.3. The van der Waals surface area contributed by atoms with Gasteiger partial charge in [0.1, 0.15) is 5.54 Å². The third-order valence-electron chi connectivity index (χ3n) is 3.91. The molecule has 0 aromatic heterocycles. The zero-order valence-corrected chi connectivity index (χ0v) is 15.7. The van der Waals surface area contributed by atoms with E-state index in [-0.39, 0.29) is 12.4 Å². The second-order valence-corrected chi connectivity index (χ2v) is 7.60. The maximum Gasteiger partial charge on any atom is 0.310 e. The van der Waals surface area contributed by atoms with Gasteiger partial charge in [-0.15, -0.1) is 0 Å². The summed E-state index contributed by atoms with van der Waals surface area (Å²) in [5, 5.41) is 0.556. The van der Waals surface area contributed by atoms with Gasteiger partial charge in [0, 0.05) is 10.8 Å². The Morgan fingerprint density at radius 2 is 2.17 bits per heavy atom. The van der Waals surface area contributed by atoms with Crippen molar-refractivity contribution in [3.63, 3.8) is 0 Å². The van der Waals surface area contributed by atoms with Crippen LogP contribution in [-0.2, 0) is 37.2 Å². The predicted molar refractivity (Wildman–Crippen MR) is 95.3 cm³/mol. The van der Waals surface area contributed by atoms with E-state index in [1.165, 1.54) is 0 Å². The van der Waals surface area contributed by atoms with Crippen molar-refractivity contribution in [2.75, 3.05) is 25.6 Å². The van der Waals surface area contributed by atoms with Crippen LogP contribution in [0.4, 0.5) is 0 Å². The van der Waals surface area contributed by atoms with Crippen LogP contribution in [0.3, 0.4) is 0 Å². The highest BCUT2D eigenvalue weighted by molar-refractivity contribution is 7.83. The lowest BCUT2D eigenvalue weighted by Gasteiger charge is -2.43. The number of unbranched alkanes of at least 4 members (excludes halogenated alkanes) is 1. The molecule has 1 aromatic carbocycles. The number of hydrogen-bond donors (Lipinski definition) is 1. The van der Waals surface area contributed by atoms with Crippen LogP contribution in [-0.4, -0.2) is 35.8 Å². The molecule has 134 valence electrons. The van der Waals surface area contributed by atoms with E-state index in [1.54, 1.807) is 19.1 Å². The molecule has 1 unspecified atom stereocenters. The van der Waals surface area contributed by atoms with Gasteiger partial charge in [-0.2, -0.15) is 0 Å². The molecule has 1 aliphatic rings. The van der Waals surface area contributed by atoms with E-state index in [0.717, 1.165) is 24.0 Å². The molecule has 1 fully saturated rings. The van der Waals surface area contributed by atoms with Crippen molar-refractivity contribution in [3.05, 3.63) is 34.3 Å². The number of carbonyl (C=O) groups is 1. The first-order chi connectivity index (χ1) is 11.5. The normalized spacial score (nSPS) is 17.1. The molecule has 0 spiro atoms. The molecule has 2 rings (SSSR count). The second kappa shape index (κ2) is 8.94. The molecular weight excluding hydrogens is 350 g/mol. The van der Waals surface area contributed by atoms with Gasteiger partial charge in [0.25, 0.3) is 0 Å². The van der Waals surface area contributed by atoms with Gasteiger partial charge in [-0.1, -0.05) is 31.0 Å². The predicted octanol–water partition coefficient (Wildman–Crippen LogP) is 2.72. The molecule has 1 atom stereocenters. The minimum absolute atomic E-state index is 0.134. The minimum Gasteiger partial charge on any atom is -0.466 e. The third kappa shape index (κ3) is 4.79. The molecule has 24 heavy (non-hydrogen) atoms.